The third kappa shape index (κ3) is 2.96. The van der Waals surface area contributed by atoms with Gasteiger partial charge in [0.15, 0.2) is 0 Å². The lowest BCUT2D eigenvalue weighted by molar-refractivity contribution is -0.140. The molecule has 1 aromatic heterocycles. The second-order valence-electron chi connectivity index (χ2n) is 7.34. The number of hydrogen-bond acceptors (Lipinski definition) is 4. The average Bonchev–Trinajstić information content (AvgIpc) is 3.05. The van der Waals surface area contributed by atoms with E-state index in [1.807, 2.05) is 52.1 Å². The monoisotopic (exact) mass is 329 g/mol. The van der Waals surface area contributed by atoms with Crippen LogP contribution in [0, 0.1) is 0 Å². The summed E-state index contributed by atoms with van der Waals surface area (Å²) >= 11 is 0. The van der Waals surface area contributed by atoms with Crippen LogP contribution in [-0.4, -0.2) is 36.4 Å². The molecule has 1 aliphatic rings. The van der Waals surface area contributed by atoms with Crippen molar-refractivity contribution in [2.75, 3.05) is 7.11 Å². The molecule has 1 fully saturated rings. The summed E-state index contributed by atoms with van der Waals surface area (Å²) in [5.74, 6) is -0.498. The number of carbonyl (C=O) groups excluding carboxylic acids is 1. The van der Waals surface area contributed by atoms with Crippen LogP contribution >= 0.6 is 0 Å². The van der Waals surface area contributed by atoms with E-state index in [0.29, 0.717) is 0 Å². The zero-order chi connectivity index (χ0) is 17.5. The molecule has 1 unspecified atom stereocenters. The summed E-state index contributed by atoms with van der Waals surface area (Å²) in [6, 6.07) is 8.11. The fourth-order valence-corrected chi connectivity index (χ4v) is 2.99. The number of aromatic nitrogens is 1. The highest BCUT2D eigenvalue weighted by molar-refractivity contribution is 6.48. The molecule has 0 bridgehead atoms. The van der Waals surface area contributed by atoms with Crippen LogP contribution in [0.3, 0.4) is 0 Å². The van der Waals surface area contributed by atoms with Gasteiger partial charge in [-0.15, -0.1) is 0 Å². The summed E-state index contributed by atoms with van der Waals surface area (Å²) in [5.41, 5.74) is 1.18. The Labute approximate surface area is 142 Å². The topological polar surface area (TPSA) is 60.6 Å². The summed E-state index contributed by atoms with van der Waals surface area (Å²) in [4.78, 5) is 15.1. The molecule has 24 heavy (non-hydrogen) atoms. The van der Waals surface area contributed by atoms with Crippen molar-refractivity contribution in [1.29, 1.82) is 0 Å². The first-order valence-corrected chi connectivity index (χ1v) is 8.23. The van der Waals surface area contributed by atoms with Gasteiger partial charge in [-0.05, 0) is 56.8 Å². The van der Waals surface area contributed by atoms with Crippen LogP contribution in [0.5, 0.6) is 0 Å². The Morgan fingerprint density at radius 1 is 1.21 bits per heavy atom. The Bertz CT molecular complexity index is 736. The maximum absolute atomic E-state index is 11.9. The molecule has 1 aromatic carbocycles. The molecule has 2 aromatic rings. The van der Waals surface area contributed by atoms with Gasteiger partial charge in [-0.2, -0.15) is 0 Å². The van der Waals surface area contributed by atoms with Crippen molar-refractivity contribution in [3.05, 3.63) is 36.0 Å². The number of ether oxygens (including phenoxy) is 1. The second kappa shape index (κ2) is 5.94. The van der Waals surface area contributed by atoms with Gasteiger partial charge >= 0.3 is 13.1 Å². The van der Waals surface area contributed by atoms with Crippen molar-refractivity contribution in [2.45, 2.75) is 51.1 Å². The molecule has 0 saturated carbocycles. The van der Waals surface area contributed by atoms with E-state index in [9.17, 15) is 4.79 Å². The van der Waals surface area contributed by atoms with E-state index in [1.165, 1.54) is 7.11 Å². The molecule has 3 rings (SSSR count). The van der Waals surface area contributed by atoms with Crippen LogP contribution in [0.25, 0.3) is 10.9 Å². The van der Waals surface area contributed by atoms with E-state index < -0.39 is 18.3 Å². The maximum Gasteiger partial charge on any atom is 0.466 e. The number of methoxy groups -OCH3 is 1. The molecular formula is C18H24BNO4. The molecule has 1 N–H and O–H groups in total. The van der Waals surface area contributed by atoms with Crippen molar-refractivity contribution in [2.24, 2.45) is 0 Å². The van der Waals surface area contributed by atoms with E-state index in [0.717, 1.165) is 16.5 Å². The molecule has 5 nitrogen and oxygen atoms in total. The number of H-pyrrole nitrogens is 1. The van der Waals surface area contributed by atoms with Gasteiger partial charge in [-0.3, -0.25) is 4.79 Å². The Morgan fingerprint density at radius 3 is 2.50 bits per heavy atom. The summed E-state index contributed by atoms with van der Waals surface area (Å²) < 4.78 is 17.2. The highest BCUT2D eigenvalue weighted by Gasteiger charge is 2.54. The van der Waals surface area contributed by atoms with Crippen molar-refractivity contribution < 1.29 is 18.8 Å². The Hall–Kier alpha value is -1.79. The first-order chi connectivity index (χ1) is 11.2. The normalized spacial score (nSPS) is 20.3. The van der Waals surface area contributed by atoms with Crippen LogP contribution < -0.4 is 0 Å². The molecule has 0 amide bonds. The molecular weight excluding hydrogens is 305 g/mol. The highest BCUT2D eigenvalue weighted by Crippen LogP contribution is 2.42. The SMILES string of the molecule is COC(=O)CC(B1OC(C)(C)C(C)(C)O1)c1ccc2[nH]ccc2c1. The van der Waals surface area contributed by atoms with Crippen molar-refractivity contribution in [3.63, 3.8) is 0 Å². The smallest absolute Gasteiger partial charge is 0.466 e. The fraction of sp³-hybridized carbons (Fsp3) is 0.500. The Balaban J connectivity index is 1.96. The second-order valence-corrected chi connectivity index (χ2v) is 7.34. The molecule has 128 valence electrons. The van der Waals surface area contributed by atoms with Crippen LogP contribution in [0.1, 0.15) is 45.5 Å². The van der Waals surface area contributed by atoms with Crippen LogP contribution in [0.2, 0.25) is 0 Å². The third-order valence-electron chi connectivity index (χ3n) is 5.22. The standard InChI is InChI=1S/C18H24BNO4/c1-17(2)18(3,4)24-19(23-17)14(11-16(21)22-5)12-6-7-15-13(10-12)8-9-20-15/h6-10,14,20H,11H2,1-5H3. The molecule has 0 radical (unpaired) electrons. The number of carbonyl (C=O) groups is 1. The largest absolute Gasteiger partial charge is 0.469 e. The highest BCUT2D eigenvalue weighted by atomic mass is 16.7. The van der Waals surface area contributed by atoms with Crippen molar-refractivity contribution in [1.82, 2.24) is 4.98 Å². The minimum absolute atomic E-state index is 0.212. The molecule has 1 saturated heterocycles. The third-order valence-corrected chi connectivity index (χ3v) is 5.22. The van der Waals surface area contributed by atoms with Crippen molar-refractivity contribution in [3.8, 4) is 0 Å². The summed E-state index contributed by atoms with van der Waals surface area (Å²) in [6.45, 7) is 8.05. The molecule has 1 aliphatic heterocycles. The lowest BCUT2D eigenvalue weighted by Gasteiger charge is -2.32. The van der Waals surface area contributed by atoms with Gasteiger partial charge in [0.2, 0.25) is 0 Å². The number of rotatable bonds is 4. The number of fused-ring (bicyclic) bond motifs is 1. The average molecular weight is 329 g/mol. The molecule has 0 spiro atoms. The summed E-state index contributed by atoms with van der Waals surface area (Å²) in [6.07, 6.45) is 2.11. The predicted octanol–water partition coefficient (Wildman–Crippen LogP) is 3.45. The van der Waals surface area contributed by atoms with Crippen molar-refractivity contribution >= 4 is 24.0 Å². The zero-order valence-electron chi connectivity index (χ0n) is 14.9. The van der Waals surface area contributed by atoms with Gasteiger partial charge in [-0.25, -0.2) is 0 Å². The summed E-state index contributed by atoms with van der Waals surface area (Å²) in [7, 11) is 0.907. The lowest BCUT2D eigenvalue weighted by Crippen LogP contribution is -2.41. The van der Waals surface area contributed by atoms with Crippen LogP contribution in [-0.2, 0) is 18.8 Å². The first-order valence-electron chi connectivity index (χ1n) is 8.23. The van der Waals surface area contributed by atoms with E-state index in [4.69, 9.17) is 14.0 Å². The van der Waals surface area contributed by atoms with E-state index in [-0.39, 0.29) is 18.2 Å². The molecule has 2 heterocycles. The Morgan fingerprint density at radius 2 is 1.88 bits per heavy atom. The van der Waals surface area contributed by atoms with Crippen LogP contribution in [0.15, 0.2) is 30.5 Å². The number of nitrogens with one attached hydrogen (secondary N) is 1. The lowest BCUT2D eigenvalue weighted by atomic mass is 9.66. The quantitative estimate of drug-likeness (QED) is 0.689. The van der Waals surface area contributed by atoms with E-state index in [1.54, 1.807) is 0 Å². The maximum atomic E-state index is 11.9. The molecule has 0 aliphatic carbocycles. The number of esters is 1. The fourth-order valence-electron chi connectivity index (χ4n) is 2.99. The number of hydrogen-bond donors (Lipinski definition) is 1. The van der Waals surface area contributed by atoms with Gasteiger partial charge in [-0.1, -0.05) is 6.07 Å². The van der Waals surface area contributed by atoms with Gasteiger partial charge in [0.05, 0.1) is 24.7 Å². The van der Waals surface area contributed by atoms with Gasteiger partial charge in [0.1, 0.15) is 0 Å². The predicted molar refractivity (Wildman–Crippen MR) is 93.8 cm³/mol. The van der Waals surface area contributed by atoms with Gasteiger partial charge in [0, 0.05) is 17.5 Å². The van der Waals surface area contributed by atoms with Crippen LogP contribution in [0.4, 0.5) is 0 Å². The van der Waals surface area contributed by atoms with Gasteiger partial charge < -0.3 is 19.0 Å². The van der Waals surface area contributed by atoms with E-state index in [2.05, 4.69) is 11.1 Å². The zero-order valence-corrected chi connectivity index (χ0v) is 14.9. The molecule has 6 heteroatoms. The Kier molecular flexibility index (Phi) is 4.22. The minimum Gasteiger partial charge on any atom is -0.469 e. The number of aromatic amines is 1. The van der Waals surface area contributed by atoms with E-state index >= 15 is 0 Å². The first kappa shape index (κ1) is 17.1. The minimum atomic E-state index is -0.495. The summed E-state index contributed by atoms with van der Waals surface area (Å²) in [5, 5.41) is 1.10. The number of benzene rings is 1. The van der Waals surface area contributed by atoms with Gasteiger partial charge in [0.25, 0.3) is 0 Å². The molecule has 1 atom stereocenters.